The van der Waals surface area contributed by atoms with E-state index >= 15 is 0 Å². The van der Waals surface area contributed by atoms with Gasteiger partial charge in [0.15, 0.2) is 12.3 Å². The molecule has 2 aromatic rings. The summed E-state index contributed by atoms with van der Waals surface area (Å²) in [6.45, 7) is 4.99. The number of morpholine rings is 1. The molecule has 1 fully saturated rings. The summed E-state index contributed by atoms with van der Waals surface area (Å²) < 4.78 is 11.2. The van der Waals surface area contributed by atoms with Crippen molar-refractivity contribution in [3.8, 4) is 23.2 Å². The molecule has 8 heteroatoms. The van der Waals surface area contributed by atoms with Gasteiger partial charge in [0.1, 0.15) is 17.9 Å². The zero-order valence-electron chi connectivity index (χ0n) is 15.3. The highest BCUT2D eigenvalue weighted by Crippen LogP contribution is 2.24. The highest BCUT2D eigenvalue weighted by atomic mass is 16.5. The Hall–Kier alpha value is -3.18. The number of carbonyl (C=O) groups is 1. The number of nitrogens with zero attached hydrogens (tertiary/aromatic N) is 4. The lowest BCUT2D eigenvalue weighted by molar-refractivity contribution is -0.131. The van der Waals surface area contributed by atoms with E-state index in [0.717, 1.165) is 11.3 Å². The average molecular weight is 367 g/mol. The number of benzene rings is 1. The van der Waals surface area contributed by atoms with Gasteiger partial charge in [0, 0.05) is 11.6 Å². The Bertz CT molecular complexity index is 849. The molecule has 27 heavy (non-hydrogen) atoms. The molecule has 140 valence electrons. The van der Waals surface area contributed by atoms with Crippen LogP contribution in [-0.2, 0) is 9.53 Å². The molecule has 0 spiro atoms. The van der Waals surface area contributed by atoms with E-state index in [9.17, 15) is 4.79 Å². The molecule has 1 saturated heterocycles. The maximum atomic E-state index is 12.4. The van der Waals surface area contributed by atoms with Gasteiger partial charge in [-0.25, -0.2) is 9.97 Å². The Morgan fingerprint density at radius 3 is 3.04 bits per heavy atom. The molecule has 1 aromatic carbocycles. The van der Waals surface area contributed by atoms with Crippen molar-refractivity contribution in [2.24, 2.45) is 0 Å². The minimum absolute atomic E-state index is 0.0731. The van der Waals surface area contributed by atoms with Crippen molar-refractivity contribution in [1.82, 2.24) is 14.9 Å². The van der Waals surface area contributed by atoms with Gasteiger partial charge in [-0.05, 0) is 26.0 Å². The van der Waals surface area contributed by atoms with Crippen LogP contribution in [0.25, 0.3) is 11.3 Å². The smallest absolute Gasteiger partial charge is 0.256 e. The van der Waals surface area contributed by atoms with E-state index in [1.165, 1.54) is 11.2 Å². The largest absolute Gasteiger partial charge is 0.491 e. The van der Waals surface area contributed by atoms with Crippen molar-refractivity contribution in [2.45, 2.75) is 26.1 Å². The van der Waals surface area contributed by atoms with E-state index in [-0.39, 0.29) is 18.6 Å². The second-order valence-electron chi connectivity index (χ2n) is 6.38. The summed E-state index contributed by atoms with van der Waals surface area (Å²) in [5.74, 6) is 0.785. The fourth-order valence-electron chi connectivity index (χ4n) is 2.69. The topological polar surface area (TPSA) is 100 Å². The van der Waals surface area contributed by atoms with Crippen LogP contribution in [0.3, 0.4) is 0 Å². The van der Waals surface area contributed by atoms with E-state index in [1.807, 2.05) is 44.3 Å². The second kappa shape index (κ2) is 8.47. The normalized spacial score (nSPS) is 16.7. The lowest BCUT2D eigenvalue weighted by Crippen LogP contribution is -2.46. The predicted octanol–water partition coefficient (Wildman–Crippen LogP) is 2.05. The fourth-order valence-corrected chi connectivity index (χ4v) is 2.69. The summed E-state index contributed by atoms with van der Waals surface area (Å²) in [5.41, 5.74) is 1.52. The summed E-state index contributed by atoms with van der Waals surface area (Å²) in [4.78, 5) is 22.3. The monoisotopic (exact) mass is 367 g/mol. The van der Waals surface area contributed by atoms with Crippen molar-refractivity contribution in [3.63, 3.8) is 0 Å². The quantitative estimate of drug-likeness (QED) is 0.807. The van der Waals surface area contributed by atoms with Gasteiger partial charge in [-0.2, -0.15) is 5.26 Å². The number of rotatable bonds is 5. The minimum Gasteiger partial charge on any atom is -0.491 e. The third kappa shape index (κ3) is 4.92. The number of anilines is 1. The highest BCUT2D eigenvalue weighted by Gasteiger charge is 2.26. The van der Waals surface area contributed by atoms with Gasteiger partial charge in [0.2, 0.25) is 0 Å². The fraction of sp³-hybridized carbons (Fsp3) is 0.368. The van der Waals surface area contributed by atoms with Crippen LogP contribution in [0.15, 0.2) is 36.7 Å². The maximum Gasteiger partial charge on any atom is 0.256 e. The van der Waals surface area contributed by atoms with Crippen LogP contribution in [0.5, 0.6) is 5.75 Å². The second-order valence-corrected chi connectivity index (χ2v) is 6.38. The van der Waals surface area contributed by atoms with Crippen molar-refractivity contribution < 1.29 is 14.3 Å². The summed E-state index contributed by atoms with van der Waals surface area (Å²) >= 11 is 0. The first-order valence-corrected chi connectivity index (χ1v) is 8.71. The first kappa shape index (κ1) is 18.6. The van der Waals surface area contributed by atoms with Gasteiger partial charge >= 0.3 is 0 Å². The molecule has 8 nitrogen and oxygen atoms in total. The van der Waals surface area contributed by atoms with Gasteiger partial charge in [-0.3, -0.25) is 4.79 Å². The molecule has 1 amide bonds. The Balaban J connectivity index is 1.72. The third-order valence-corrected chi connectivity index (χ3v) is 3.92. The maximum absolute atomic E-state index is 12.4. The lowest BCUT2D eigenvalue weighted by Gasteiger charge is -2.28. The summed E-state index contributed by atoms with van der Waals surface area (Å²) in [5, 5.41) is 11.7. The molecule has 0 radical (unpaired) electrons. The number of nitrogens with one attached hydrogen (secondary N) is 1. The molecule has 0 saturated carbocycles. The van der Waals surface area contributed by atoms with E-state index in [0.29, 0.717) is 24.7 Å². The van der Waals surface area contributed by atoms with Crippen molar-refractivity contribution in [3.05, 3.63) is 36.7 Å². The Kier molecular flexibility index (Phi) is 5.84. The summed E-state index contributed by atoms with van der Waals surface area (Å²) in [6.07, 6.45) is 2.80. The number of aromatic nitrogens is 2. The van der Waals surface area contributed by atoms with Crippen molar-refractivity contribution in [1.29, 1.82) is 5.26 Å². The van der Waals surface area contributed by atoms with Crippen molar-refractivity contribution >= 4 is 11.7 Å². The molecule has 0 bridgehead atoms. The molecule has 1 aliphatic heterocycles. The Morgan fingerprint density at radius 1 is 1.41 bits per heavy atom. The molecular formula is C19H21N5O3. The van der Waals surface area contributed by atoms with Crippen LogP contribution in [0.4, 0.5) is 5.82 Å². The number of amides is 1. The molecule has 1 aromatic heterocycles. The van der Waals surface area contributed by atoms with E-state index in [2.05, 4.69) is 15.3 Å². The van der Waals surface area contributed by atoms with Crippen LogP contribution >= 0.6 is 0 Å². The molecule has 1 unspecified atom stereocenters. The molecule has 1 aliphatic rings. The van der Waals surface area contributed by atoms with Crippen LogP contribution in [0.2, 0.25) is 0 Å². The number of hydrogen-bond donors (Lipinski definition) is 1. The SMILES string of the molecule is CC(C)Oc1cccc(-c2cc(NC(=O)C3CN(C#N)CCO3)ncn2)c1. The van der Waals surface area contributed by atoms with Gasteiger partial charge in [0.25, 0.3) is 5.91 Å². The molecular weight excluding hydrogens is 346 g/mol. The van der Waals surface area contributed by atoms with Gasteiger partial charge < -0.3 is 19.7 Å². The van der Waals surface area contributed by atoms with Crippen LogP contribution in [0.1, 0.15) is 13.8 Å². The van der Waals surface area contributed by atoms with Crippen molar-refractivity contribution in [2.75, 3.05) is 25.0 Å². The van der Waals surface area contributed by atoms with Crippen LogP contribution in [0, 0.1) is 11.5 Å². The van der Waals surface area contributed by atoms with E-state index < -0.39 is 6.10 Å². The molecule has 3 rings (SSSR count). The van der Waals surface area contributed by atoms with E-state index in [1.54, 1.807) is 6.07 Å². The van der Waals surface area contributed by atoms with Gasteiger partial charge in [-0.1, -0.05) is 12.1 Å². The molecule has 1 N–H and O–H groups in total. The standard InChI is InChI=1S/C19H21N5O3/c1-13(2)27-15-5-3-4-14(8-15)16-9-18(22-12-21-16)23-19(25)17-10-24(11-20)6-7-26-17/h3-5,8-9,12-13,17H,6-7,10H2,1-2H3,(H,21,22,23,25). The van der Waals surface area contributed by atoms with Gasteiger partial charge in [-0.15, -0.1) is 0 Å². The molecule has 2 heterocycles. The van der Waals surface area contributed by atoms with Crippen LogP contribution < -0.4 is 10.1 Å². The predicted molar refractivity (Wildman–Crippen MR) is 98.8 cm³/mol. The average Bonchev–Trinajstić information content (AvgIpc) is 2.68. The minimum atomic E-state index is -0.709. The van der Waals surface area contributed by atoms with Gasteiger partial charge in [0.05, 0.1) is 31.5 Å². The Labute approximate surface area is 157 Å². The molecule has 0 aliphatic carbocycles. The highest BCUT2D eigenvalue weighted by molar-refractivity contribution is 5.94. The summed E-state index contributed by atoms with van der Waals surface area (Å²) in [7, 11) is 0. The van der Waals surface area contributed by atoms with Crippen LogP contribution in [-0.4, -0.2) is 52.7 Å². The lowest BCUT2D eigenvalue weighted by atomic mass is 10.1. The van der Waals surface area contributed by atoms with E-state index in [4.69, 9.17) is 14.7 Å². The number of ether oxygens (including phenoxy) is 2. The number of nitriles is 1. The zero-order valence-corrected chi connectivity index (χ0v) is 15.3. The Morgan fingerprint density at radius 2 is 2.26 bits per heavy atom. The molecule has 1 atom stereocenters. The zero-order chi connectivity index (χ0) is 19.2. The number of hydrogen-bond acceptors (Lipinski definition) is 7. The first-order chi connectivity index (χ1) is 13.0. The third-order valence-electron chi connectivity index (χ3n) is 3.92. The first-order valence-electron chi connectivity index (χ1n) is 8.71. The number of carbonyl (C=O) groups excluding carboxylic acids is 1. The summed E-state index contributed by atoms with van der Waals surface area (Å²) in [6, 6.07) is 9.27.